The Hall–Kier alpha value is -2.82. The molecule has 2 aromatic rings. The zero-order chi connectivity index (χ0) is 29.8. The summed E-state index contributed by atoms with van der Waals surface area (Å²) in [5.41, 5.74) is 0.136. The van der Waals surface area contributed by atoms with Gasteiger partial charge in [-0.3, -0.25) is 14.5 Å². The standard InChI is InChI=1S/C30H37ClF3N3O4/c1-20-14-25(15-21(2)28(20)31)40-19-29(16-27(39)37-10-8-24(9-11-37)35-22(3)38)18-36(12-13-41-29)17-23-6-4-5-7-26(23)30(32,33)34/h4-7,14-15,24H,8-13,16-19H2,1-3H3,(H,35,38). The topological polar surface area (TPSA) is 71.1 Å². The van der Waals surface area contributed by atoms with E-state index in [1.165, 1.54) is 19.1 Å². The Labute approximate surface area is 243 Å². The number of hydrogen-bond donors (Lipinski definition) is 1. The third-order valence-corrected chi connectivity index (χ3v) is 8.28. The number of morpholine rings is 1. The molecule has 0 bridgehead atoms. The molecule has 2 amide bonds. The van der Waals surface area contributed by atoms with E-state index in [0.717, 1.165) is 17.2 Å². The van der Waals surface area contributed by atoms with Gasteiger partial charge in [0.05, 0.1) is 18.6 Å². The van der Waals surface area contributed by atoms with Gasteiger partial charge in [0.1, 0.15) is 18.0 Å². The first-order valence-electron chi connectivity index (χ1n) is 13.8. The average molecular weight is 596 g/mol. The number of amides is 2. The number of halogens is 4. The first-order chi connectivity index (χ1) is 19.3. The predicted octanol–water partition coefficient (Wildman–Crippen LogP) is 5.14. The van der Waals surface area contributed by atoms with Crippen molar-refractivity contribution >= 4 is 23.4 Å². The second-order valence-corrected chi connectivity index (χ2v) is 11.5. The lowest BCUT2D eigenvalue weighted by molar-refractivity contribution is -0.158. The highest BCUT2D eigenvalue weighted by molar-refractivity contribution is 6.32. The number of likely N-dealkylation sites (tertiary alicyclic amines) is 1. The van der Waals surface area contributed by atoms with E-state index in [4.69, 9.17) is 21.1 Å². The fraction of sp³-hybridized carbons (Fsp3) is 0.533. The zero-order valence-corrected chi connectivity index (χ0v) is 24.4. The van der Waals surface area contributed by atoms with Crippen molar-refractivity contribution in [2.24, 2.45) is 0 Å². The van der Waals surface area contributed by atoms with E-state index in [9.17, 15) is 22.8 Å². The fourth-order valence-electron chi connectivity index (χ4n) is 5.63. The molecule has 2 aliphatic heterocycles. The van der Waals surface area contributed by atoms with Crippen LogP contribution in [0.4, 0.5) is 13.2 Å². The van der Waals surface area contributed by atoms with Gasteiger partial charge in [0.2, 0.25) is 11.8 Å². The smallest absolute Gasteiger partial charge is 0.416 e. The fourth-order valence-corrected chi connectivity index (χ4v) is 5.74. The number of rotatable bonds is 8. The molecule has 11 heteroatoms. The van der Waals surface area contributed by atoms with Crippen molar-refractivity contribution in [3.8, 4) is 5.75 Å². The van der Waals surface area contributed by atoms with Gasteiger partial charge in [0.25, 0.3) is 0 Å². The van der Waals surface area contributed by atoms with Gasteiger partial charge in [0.15, 0.2) is 0 Å². The maximum Gasteiger partial charge on any atom is 0.416 e. The minimum absolute atomic E-state index is 0.0147. The summed E-state index contributed by atoms with van der Waals surface area (Å²) >= 11 is 6.32. The van der Waals surface area contributed by atoms with Crippen molar-refractivity contribution in [2.45, 2.75) is 64.4 Å². The Kier molecular flexibility index (Phi) is 9.87. The van der Waals surface area contributed by atoms with Gasteiger partial charge >= 0.3 is 6.18 Å². The first kappa shape index (κ1) is 31.1. The summed E-state index contributed by atoms with van der Waals surface area (Å²) in [6.07, 6.45) is -3.15. The van der Waals surface area contributed by atoms with Crippen LogP contribution in [0, 0.1) is 13.8 Å². The number of alkyl halides is 3. The number of benzene rings is 2. The van der Waals surface area contributed by atoms with Crippen molar-refractivity contribution in [3.05, 3.63) is 63.7 Å². The van der Waals surface area contributed by atoms with Gasteiger partial charge in [-0.15, -0.1) is 0 Å². The van der Waals surface area contributed by atoms with Crippen LogP contribution < -0.4 is 10.1 Å². The number of carbonyl (C=O) groups excluding carboxylic acids is 2. The van der Waals surface area contributed by atoms with E-state index in [1.54, 1.807) is 11.0 Å². The van der Waals surface area contributed by atoms with Crippen molar-refractivity contribution in [1.29, 1.82) is 0 Å². The van der Waals surface area contributed by atoms with Crippen LogP contribution in [0.5, 0.6) is 5.75 Å². The summed E-state index contributed by atoms with van der Waals surface area (Å²) in [6, 6.07) is 9.22. The normalized spacial score (nSPS) is 20.6. The molecule has 0 spiro atoms. The predicted molar refractivity (Wildman–Crippen MR) is 150 cm³/mol. The molecule has 41 heavy (non-hydrogen) atoms. The van der Waals surface area contributed by atoms with Gasteiger partial charge in [-0.1, -0.05) is 29.8 Å². The minimum Gasteiger partial charge on any atom is -0.490 e. The molecule has 0 aliphatic carbocycles. The molecule has 7 nitrogen and oxygen atoms in total. The van der Waals surface area contributed by atoms with Crippen LogP contribution in [0.1, 0.15) is 48.4 Å². The number of aryl methyl sites for hydroxylation is 2. The second-order valence-electron chi connectivity index (χ2n) is 11.1. The van der Waals surface area contributed by atoms with Gasteiger partial charge in [0, 0.05) is 50.7 Å². The van der Waals surface area contributed by atoms with Gasteiger partial charge < -0.3 is 19.7 Å². The third kappa shape index (κ3) is 8.14. The number of nitrogens with zero attached hydrogens (tertiary/aromatic N) is 2. The Bertz CT molecular complexity index is 1230. The maximum atomic E-state index is 13.7. The zero-order valence-electron chi connectivity index (χ0n) is 23.7. The molecule has 4 rings (SSSR count). The van der Waals surface area contributed by atoms with Crippen LogP contribution >= 0.6 is 11.6 Å². The molecular weight excluding hydrogens is 559 g/mol. The largest absolute Gasteiger partial charge is 0.490 e. The number of hydrogen-bond acceptors (Lipinski definition) is 5. The van der Waals surface area contributed by atoms with E-state index >= 15 is 0 Å². The van der Waals surface area contributed by atoms with Crippen LogP contribution in [0.2, 0.25) is 5.02 Å². The molecule has 2 fully saturated rings. The molecule has 0 aromatic heterocycles. The molecule has 0 radical (unpaired) electrons. The molecule has 1 N–H and O–H groups in total. The van der Waals surface area contributed by atoms with Crippen LogP contribution in [0.25, 0.3) is 0 Å². The Morgan fingerprint density at radius 3 is 2.41 bits per heavy atom. The summed E-state index contributed by atoms with van der Waals surface area (Å²) in [5, 5.41) is 3.55. The Morgan fingerprint density at radius 1 is 1.12 bits per heavy atom. The van der Waals surface area contributed by atoms with Gasteiger partial charge in [-0.05, 0) is 61.6 Å². The average Bonchev–Trinajstić information content (AvgIpc) is 2.90. The van der Waals surface area contributed by atoms with Crippen molar-refractivity contribution in [2.75, 3.05) is 39.4 Å². The van der Waals surface area contributed by atoms with E-state index in [-0.39, 0.29) is 56.1 Å². The van der Waals surface area contributed by atoms with E-state index < -0.39 is 17.3 Å². The second kappa shape index (κ2) is 13.0. The lowest BCUT2D eigenvalue weighted by Crippen LogP contribution is -2.57. The number of nitrogens with one attached hydrogen (secondary N) is 1. The van der Waals surface area contributed by atoms with Crippen LogP contribution in [0.3, 0.4) is 0 Å². The number of piperidine rings is 1. The molecule has 2 saturated heterocycles. The van der Waals surface area contributed by atoms with Gasteiger partial charge in [-0.2, -0.15) is 13.2 Å². The quantitative estimate of drug-likeness (QED) is 0.458. The minimum atomic E-state index is -4.47. The SMILES string of the molecule is CC(=O)NC1CCN(C(=O)CC2(COc3cc(C)c(Cl)c(C)c3)CN(Cc3ccccc3C(F)(F)F)CCO2)CC1. The Balaban J connectivity index is 1.52. The monoisotopic (exact) mass is 595 g/mol. The lowest BCUT2D eigenvalue weighted by atomic mass is 9.95. The highest BCUT2D eigenvalue weighted by Crippen LogP contribution is 2.34. The molecular formula is C30H37ClF3N3O4. The molecule has 1 unspecified atom stereocenters. The lowest BCUT2D eigenvalue weighted by Gasteiger charge is -2.43. The van der Waals surface area contributed by atoms with Crippen molar-refractivity contribution in [3.63, 3.8) is 0 Å². The third-order valence-electron chi connectivity index (χ3n) is 7.68. The molecule has 2 aliphatic rings. The summed E-state index contributed by atoms with van der Waals surface area (Å²) < 4.78 is 53.5. The van der Waals surface area contributed by atoms with Crippen molar-refractivity contribution in [1.82, 2.24) is 15.1 Å². The van der Waals surface area contributed by atoms with Crippen molar-refractivity contribution < 1.29 is 32.2 Å². The highest BCUT2D eigenvalue weighted by atomic mass is 35.5. The molecule has 1 atom stereocenters. The summed E-state index contributed by atoms with van der Waals surface area (Å²) in [7, 11) is 0. The van der Waals surface area contributed by atoms with Crippen LogP contribution in [-0.2, 0) is 27.0 Å². The number of carbonyl (C=O) groups is 2. The van der Waals surface area contributed by atoms with E-state index in [1.807, 2.05) is 30.9 Å². The summed E-state index contributed by atoms with van der Waals surface area (Å²) in [5.74, 6) is 0.368. The molecule has 2 aromatic carbocycles. The van der Waals surface area contributed by atoms with E-state index in [0.29, 0.717) is 43.2 Å². The maximum absolute atomic E-state index is 13.7. The summed E-state index contributed by atoms with van der Waals surface area (Å²) in [4.78, 5) is 28.6. The molecule has 2 heterocycles. The number of ether oxygens (including phenoxy) is 2. The molecule has 224 valence electrons. The first-order valence-corrected chi connectivity index (χ1v) is 14.2. The molecule has 0 saturated carbocycles. The highest BCUT2D eigenvalue weighted by Gasteiger charge is 2.42. The van der Waals surface area contributed by atoms with Crippen LogP contribution in [-0.4, -0.2) is 72.6 Å². The summed E-state index contributed by atoms with van der Waals surface area (Å²) in [6.45, 7) is 7.22. The van der Waals surface area contributed by atoms with Gasteiger partial charge in [-0.25, -0.2) is 0 Å². The van der Waals surface area contributed by atoms with E-state index in [2.05, 4.69) is 5.32 Å². The Morgan fingerprint density at radius 2 is 1.78 bits per heavy atom. The van der Waals surface area contributed by atoms with Crippen LogP contribution in [0.15, 0.2) is 36.4 Å².